The molecule has 0 aliphatic rings. The van der Waals surface area contributed by atoms with Crippen molar-refractivity contribution in [2.45, 2.75) is 32.7 Å². The molecule has 0 bridgehead atoms. The first-order valence-electron chi connectivity index (χ1n) is 5.45. The molecule has 2 heteroatoms. The fraction of sp³-hybridized carbons (Fsp3) is 0.462. The Morgan fingerprint density at radius 1 is 1.33 bits per heavy atom. The molecule has 0 saturated heterocycles. The molecule has 15 heavy (non-hydrogen) atoms. The van der Waals surface area contributed by atoms with Crippen LogP contribution in [0.25, 0.3) is 0 Å². The van der Waals surface area contributed by atoms with Crippen molar-refractivity contribution in [3.63, 3.8) is 0 Å². The van der Waals surface area contributed by atoms with Gasteiger partial charge in [0, 0.05) is 7.05 Å². The molecule has 0 N–H and O–H groups in total. The normalized spacial score (nSPS) is 12.2. The smallest absolute Gasteiger partial charge is 0.209 e. The summed E-state index contributed by atoms with van der Waals surface area (Å²) in [6.07, 6.45) is 3.16. The highest BCUT2D eigenvalue weighted by atomic mass is 16.1. The number of carbonyl (C=O) groups excluding carboxylic acids is 1. The first-order valence-corrected chi connectivity index (χ1v) is 5.45. The average Bonchev–Trinajstić information content (AvgIpc) is 2.28. The quantitative estimate of drug-likeness (QED) is 0.677. The Morgan fingerprint density at radius 2 is 1.93 bits per heavy atom. The first-order chi connectivity index (χ1) is 7.19. The van der Waals surface area contributed by atoms with Crippen molar-refractivity contribution in [1.82, 2.24) is 4.90 Å². The molecular weight excluding hydrogens is 186 g/mol. The lowest BCUT2D eigenvalue weighted by Crippen LogP contribution is -2.20. The fourth-order valence-electron chi connectivity index (χ4n) is 1.58. The summed E-state index contributed by atoms with van der Waals surface area (Å²) in [7, 11) is 1.80. The molecule has 0 aliphatic carbocycles. The first kappa shape index (κ1) is 11.8. The third-order valence-corrected chi connectivity index (χ3v) is 2.78. The van der Waals surface area contributed by atoms with Gasteiger partial charge in [0.1, 0.15) is 0 Å². The van der Waals surface area contributed by atoms with Gasteiger partial charge < -0.3 is 4.90 Å². The van der Waals surface area contributed by atoms with E-state index in [2.05, 4.69) is 31.2 Å². The lowest BCUT2D eigenvalue weighted by atomic mass is 10.0. The standard InChI is InChI=1S/C13H19NO/c1-4-5-12-6-8-13(9-7-12)11(2)14(3)10-15/h6-11H,4-5H2,1-3H3. The molecule has 0 radical (unpaired) electrons. The number of hydrogen-bond acceptors (Lipinski definition) is 1. The summed E-state index contributed by atoms with van der Waals surface area (Å²) in [5.41, 5.74) is 2.55. The van der Waals surface area contributed by atoms with Gasteiger partial charge in [0.15, 0.2) is 0 Å². The summed E-state index contributed by atoms with van der Waals surface area (Å²) < 4.78 is 0. The van der Waals surface area contributed by atoms with Crippen molar-refractivity contribution in [2.24, 2.45) is 0 Å². The van der Waals surface area contributed by atoms with E-state index >= 15 is 0 Å². The Kier molecular flexibility index (Phi) is 4.35. The van der Waals surface area contributed by atoms with Crippen LogP contribution in [-0.4, -0.2) is 18.4 Å². The number of aryl methyl sites for hydroxylation is 1. The molecule has 1 aromatic carbocycles. The second-order valence-corrected chi connectivity index (χ2v) is 3.94. The highest BCUT2D eigenvalue weighted by Gasteiger charge is 2.08. The second kappa shape index (κ2) is 5.54. The monoisotopic (exact) mass is 205 g/mol. The minimum absolute atomic E-state index is 0.151. The van der Waals surface area contributed by atoms with Crippen LogP contribution in [0.15, 0.2) is 24.3 Å². The van der Waals surface area contributed by atoms with E-state index in [4.69, 9.17) is 0 Å². The average molecular weight is 205 g/mol. The predicted octanol–water partition coefficient (Wildman–Crippen LogP) is 2.79. The summed E-state index contributed by atoms with van der Waals surface area (Å²) >= 11 is 0. The van der Waals surface area contributed by atoms with Crippen molar-refractivity contribution < 1.29 is 4.79 Å². The molecule has 0 heterocycles. The zero-order valence-electron chi connectivity index (χ0n) is 9.73. The van der Waals surface area contributed by atoms with Crippen molar-refractivity contribution in [1.29, 1.82) is 0 Å². The van der Waals surface area contributed by atoms with Crippen molar-refractivity contribution >= 4 is 6.41 Å². The zero-order valence-corrected chi connectivity index (χ0v) is 9.73. The van der Waals surface area contributed by atoms with Crippen LogP contribution in [0.4, 0.5) is 0 Å². The van der Waals surface area contributed by atoms with Gasteiger partial charge in [-0.3, -0.25) is 4.79 Å². The van der Waals surface area contributed by atoms with Gasteiger partial charge >= 0.3 is 0 Å². The molecule has 0 fully saturated rings. The molecule has 1 amide bonds. The van der Waals surface area contributed by atoms with Crippen LogP contribution in [0.1, 0.15) is 37.4 Å². The Balaban J connectivity index is 2.74. The van der Waals surface area contributed by atoms with E-state index in [-0.39, 0.29) is 6.04 Å². The van der Waals surface area contributed by atoms with Gasteiger partial charge in [-0.15, -0.1) is 0 Å². The van der Waals surface area contributed by atoms with Crippen LogP contribution in [0.2, 0.25) is 0 Å². The molecule has 0 saturated carbocycles. The van der Waals surface area contributed by atoms with Crippen LogP contribution in [0, 0.1) is 0 Å². The van der Waals surface area contributed by atoms with Crippen LogP contribution < -0.4 is 0 Å². The molecule has 1 rings (SSSR count). The molecule has 82 valence electrons. The SMILES string of the molecule is CCCc1ccc(C(C)N(C)C=O)cc1. The molecule has 1 aromatic rings. The largest absolute Gasteiger partial charge is 0.342 e. The van der Waals surface area contributed by atoms with E-state index in [1.54, 1.807) is 11.9 Å². The van der Waals surface area contributed by atoms with Crippen LogP contribution in [-0.2, 0) is 11.2 Å². The highest BCUT2D eigenvalue weighted by molar-refractivity contribution is 5.48. The maximum absolute atomic E-state index is 10.6. The van der Waals surface area contributed by atoms with Crippen molar-refractivity contribution in [3.8, 4) is 0 Å². The minimum atomic E-state index is 0.151. The van der Waals surface area contributed by atoms with E-state index in [0.717, 1.165) is 12.8 Å². The molecular formula is C13H19NO. The Hall–Kier alpha value is -1.31. The summed E-state index contributed by atoms with van der Waals surface area (Å²) in [4.78, 5) is 12.3. The summed E-state index contributed by atoms with van der Waals surface area (Å²) in [6, 6.07) is 8.66. The second-order valence-electron chi connectivity index (χ2n) is 3.94. The Morgan fingerprint density at radius 3 is 2.40 bits per heavy atom. The lowest BCUT2D eigenvalue weighted by molar-refractivity contribution is -0.118. The van der Waals surface area contributed by atoms with Crippen LogP contribution >= 0.6 is 0 Å². The topological polar surface area (TPSA) is 20.3 Å². The van der Waals surface area contributed by atoms with E-state index in [1.165, 1.54) is 17.5 Å². The summed E-state index contributed by atoms with van der Waals surface area (Å²) in [5, 5.41) is 0. The maximum atomic E-state index is 10.6. The highest BCUT2D eigenvalue weighted by Crippen LogP contribution is 2.18. The molecule has 1 atom stereocenters. The zero-order chi connectivity index (χ0) is 11.3. The van der Waals surface area contributed by atoms with E-state index in [9.17, 15) is 4.79 Å². The number of nitrogens with zero attached hydrogens (tertiary/aromatic N) is 1. The molecule has 2 nitrogen and oxygen atoms in total. The van der Waals surface area contributed by atoms with Gasteiger partial charge in [-0.05, 0) is 24.5 Å². The van der Waals surface area contributed by atoms with Gasteiger partial charge in [-0.1, -0.05) is 37.6 Å². The molecule has 0 spiro atoms. The summed E-state index contributed by atoms with van der Waals surface area (Å²) in [6.45, 7) is 4.21. The number of benzene rings is 1. The van der Waals surface area contributed by atoms with Gasteiger partial charge in [-0.2, -0.15) is 0 Å². The summed E-state index contributed by atoms with van der Waals surface area (Å²) in [5.74, 6) is 0. The number of hydrogen-bond donors (Lipinski definition) is 0. The van der Waals surface area contributed by atoms with Crippen molar-refractivity contribution in [2.75, 3.05) is 7.05 Å². The molecule has 0 aliphatic heterocycles. The predicted molar refractivity (Wildman–Crippen MR) is 62.7 cm³/mol. The fourth-order valence-corrected chi connectivity index (χ4v) is 1.58. The van der Waals surface area contributed by atoms with Crippen LogP contribution in [0.5, 0.6) is 0 Å². The molecule has 1 unspecified atom stereocenters. The van der Waals surface area contributed by atoms with Gasteiger partial charge in [-0.25, -0.2) is 0 Å². The lowest BCUT2D eigenvalue weighted by Gasteiger charge is -2.20. The van der Waals surface area contributed by atoms with Crippen molar-refractivity contribution in [3.05, 3.63) is 35.4 Å². The molecule has 0 aromatic heterocycles. The van der Waals surface area contributed by atoms with Gasteiger partial charge in [0.25, 0.3) is 0 Å². The number of amides is 1. The Bertz CT molecular complexity index is 305. The third-order valence-electron chi connectivity index (χ3n) is 2.78. The maximum Gasteiger partial charge on any atom is 0.209 e. The van der Waals surface area contributed by atoms with Gasteiger partial charge in [0.2, 0.25) is 6.41 Å². The van der Waals surface area contributed by atoms with E-state index in [0.29, 0.717) is 0 Å². The third kappa shape index (κ3) is 3.08. The number of carbonyl (C=O) groups is 1. The van der Waals surface area contributed by atoms with Crippen LogP contribution in [0.3, 0.4) is 0 Å². The van der Waals surface area contributed by atoms with E-state index < -0.39 is 0 Å². The Labute approximate surface area is 91.9 Å². The van der Waals surface area contributed by atoms with Gasteiger partial charge in [0.05, 0.1) is 6.04 Å². The van der Waals surface area contributed by atoms with E-state index in [1.807, 2.05) is 6.92 Å². The number of rotatable bonds is 5. The minimum Gasteiger partial charge on any atom is -0.342 e.